The van der Waals surface area contributed by atoms with Gasteiger partial charge in [0.05, 0.1) is 11.2 Å². The first-order valence-corrected chi connectivity index (χ1v) is 12.5. The first-order chi connectivity index (χ1) is 13.4. The molecule has 0 aromatic rings. The number of hydrogen-bond acceptors (Lipinski definition) is 2. The molecule has 8 unspecified atom stereocenters. The Morgan fingerprint density at radius 1 is 1.07 bits per heavy atom. The molecule has 0 aliphatic heterocycles. The minimum Gasteiger partial charge on any atom is -0.390 e. The van der Waals surface area contributed by atoms with Crippen LogP contribution in [0.2, 0.25) is 0 Å². The first kappa shape index (κ1) is 21.9. The molecule has 3 fully saturated rings. The fraction of sp³-hybridized carbons (Fsp3) is 0.926. The van der Waals surface area contributed by atoms with E-state index >= 15 is 0 Å². The molecule has 4 aliphatic rings. The van der Waals surface area contributed by atoms with Gasteiger partial charge in [0.1, 0.15) is 0 Å². The van der Waals surface area contributed by atoms with Gasteiger partial charge in [-0.1, -0.05) is 32.4 Å². The van der Waals surface area contributed by atoms with E-state index in [1.165, 1.54) is 38.5 Å². The van der Waals surface area contributed by atoms with Crippen LogP contribution in [0.15, 0.2) is 11.6 Å². The third-order valence-corrected chi connectivity index (χ3v) is 10.4. The third-order valence-electron chi connectivity index (χ3n) is 10.4. The molecule has 0 amide bonds. The molecule has 3 saturated carbocycles. The van der Waals surface area contributed by atoms with Crippen LogP contribution >= 0.6 is 0 Å². The minimum atomic E-state index is -0.536. The lowest BCUT2D eigenvalue weighted by atomic mass is 9.46. The van der Waals surface area contributed by atoms with Crippen LogP contribution in [0.4, 0.5) is 0 Å². The largest absolute Gasteiger partial charge is 0.390 e. The number of aliphatic hydroxyl groups is 2. The molecule has 8 atom stereocenters. The Hall–Kier alpha value is -0.340. The predicted molar refractivity (Wildman–Crippen MR) is 121 cm³/mol. The van der Waals surface area contributed by atoms with Gasteiger partial charge < -0.3 is 10.2 Å². The Morgan fingerprint density at radius 2 is 1.79 bits per heavy atom. The van der Waals surface area contributed by atoms with Crippen LogP contribution in [0.3, 0.4) is 0 Å². The highest BCUT2D eigenvalue weighted by Gasteiger charge is 2.59. The Labute approximate surface area is 179 Å². The quantitative estimate of drug-likeness (QED) is 0.527. The van der Waals surface area contributed by atoms with Gasteiger partial charge in [-0.15, -0.1) is 0 Å². The zero-order valence-corrected chi connectivity index (χ0v) is 19.9. The molecular weight excluding hydrogens is 356 g/mol. The van der Waals surface area contributed by atoms with Crippen LogP contribution in [0.1, 0.15) is 106 Å². The lowest BCUT2D eigenvalue weighted by Gasteiger charge is -2.59. The Kier molecular flexibility index (Phi) is 5.35. The average Bonchev–Trinajstić information content (AvgIpc) is 2.97. The van der Waals surface area contributed by atoms with Crippen LogP contribution in [-0.2, 0) is 0 Å². The van der Waals surface area contributed by atoms with Crippen molar-refractivity contribution in [2.45, 2.75) is 117 Å². The maximum atomic E-state index is 10.7. The summed E-state index contributed by atoms with van der Waals surface area (Å²) < 4.78 is 0. The lowest BCUT2D eigenvalue weighted by molar-refractivity contribution is -0.0713. The predicted octanol–water partition coefficient (Wildman–Crippen LogP) is 6.50. The summed E-state index contributed by atoms with van der Waals surface area (Å²) >= 11 is 0. The number of hydrogen-bond donors (Lipinski definition) is 2. The maximum Gasteiger partial charge on any atom is 0.0657 e. The summed E-state index contributed by atoms with van der Waals surface area (Å²) in [6.45, 7) is 13.6. The zero-order chi connectivity index (χ0) is 21.2. The van der Waals surface area contributed by atoms with E-state index in [9.17, 15) is 10.2 Å². The number of fused-ring (bicyclic) bond motifs is 5. The van der Waals surface area contributed by atoms with Gasteiger partial charge in [0.25, 0.3) is 0 Å². The molecule has 2 N–H and O–H groups in total. The van der Waals surface area contributed by atoms with Crippen molar-refractivity contribution in [1.82, 2.24) is 0 Å². The lowest BCUT2D eigenvalue weighted by Crippen LogP contribution is -2.52. The second kappa shape index (κ2) is 7.09. The monoisotopic (exact) mass is 402 g/mol. The molecule has 0 aromatic carbocycles. The second-order valence-corrected chi connectivity index (χ2v) is 13.0. The molecule has 166 valence electrons. The van der Waals surface area contributed by atoms with Crippen molar-refractivity contribution in [2.24, 2.45) is 40.4 Å². The molecule has 4 aliphatic carbocycles. The van der Waals surface area contributed by atoms with Gasteiger partial charge in [-0.2, -0.15) is 0 Å². The van der Waals surface area contributed by atoms with E-state index in [-0.39, 0.29) is 0 Å². The van der Waals surface area contributed by atoms with E-state index in [0.29, 0.717) is 16.7 Å². The fourth-order valence-electron chi connectivity index (χ4n) is 8.56. The van der Waals surface area contributed by atoms with Gasteiger partial charge >= 0.3 is 0 Å². The third kappa shape index (κ3) is 3.75. The SMILES string of the molecule is CC(CCC(C)(C)O)C1CCC2C3CC=C4CC(C)(O)CCC4(C)C3CCC12C. The van der Waals surface area contributed by atoms with Crippen molar-refractivity contribution >= 4 is 0 Å². The molecule has 4 rings (SSSR count). The van der Waals surface area contributed by atoms with Gasteiger partial charge in [-0.05, 0) is 125 Å². The summed E-state index contributed by atoms with van der Waals surface area (Å²) in [7, 11) is 0. The zero-order valence-electron chi connectivity index (χ0n) is 19.9. The summed E-state index contributed by atoms with van der Waals surface area (Å²) in [6, 6.07) is 0. The van der Waals surface area contributed by atoms with Crippen molar-refractivity contribution in [3.05, 3.63) is 11.6 Å². The highest BCUT2D eigenvalue weighted by atomic mass is 16.3. The van der Waals surface area contributed by atoms with Crippen molar-refractivity contribution in [1.29, 1.82) is 0 Å². The molecular formula is C27H46O2. The summed E-state index contributed by atoms with van der Waals surface area (Å²) in [6.07, 6.45) is 14.5. The van der Waals surface area contributed by atoms with E-state index < -0.39 is 11.2 Å². The fourth-order valence-corrected chi connectivity index (χ4v) is 8.56. The second-order valence-electron chi connectivity index (χ2n) is 13.0. The highest BCUT2D eigenvalue weighted by Crippen LogP contribution is 2.67. The number of allylic oxidation sites excluding steroid dienone is 1. The molecule has 2 heteroatoms. The van der Waals surface area contributed by atoms with Crippen molar-refractivity contribution < 1.29 is 10.2 Å². The minimum absolute atomic E-state index is 0.330. The Balaban J connectivity index is 1.53. The van der Waals surface area contributed by atoms with Crippen molar-refractivity contribution in [3.8, 4) is 0 Å². The van der Waals surface area contributed by atoms with Gasteiger partial charge in [0.15, 0.2) is 0 Å². The van der Waals surface area contributed by atoms with Crippen molar-refractivity contribution in [3.63, 3.8) is 0 Å². The summed E-state index contributed by atoms with van der Waals surface area (Å²) in [5.41, 5.74) is 1.37. The smallest absolute Gasteiger partial charge is 0.0657 e. The summed E-state index contributed by atoms with van der Waals surface area (Å²) in [5, 5.41) is 20.9. The molecule has 0 heterocycles. The molecule has 2 nitrogen and oxygen atoms in total. The maximum absolute atomic E-state index is 10.7. The molecule has 0 bridgehead atoms. The number of rotatable bonds is 4. The Morgan fingerprint density at radius 3 is 2.48 bits per heavy atom. The van der Waals surface area contributed by atoms with Crippen LogP contribution in [0.5, 0.6) is 0 Å². The van der Waals surface area contributed by atoms with Crippen LogP contribution in [0, 0.1) is 40.4 Å². The van der Waals surface area contributed by atoms with E-state index in [2.05, 4.69) is 26.8 Å². The topological polar surface area (TPSA) is 40.5 Å². The van der Waals surface area contributed by atoms with Crippen LogP contribution in [-0.4, -0.2) is 21.4 Å². The van der Waals surface area contributed by atoms with E-state index in [1.807, 2.05) is 20.8 Å². The summed E-state index contributed by atoms with van der Waals surface area (Å²) in [5.74, 6) is 4.07. The van der Waals surface area contributed by atoms with E-state index in [4.69, 9.17) is 0 Å². The van der Waals surface area contributed by atoms with Crippen molar-refractivity contribution in [2.75, 3.05) is 0 Å². The average molecular weight is 403 g/mol. The van der Waals surface area contributed by atoms with Gasteiger partial charge in [-0.3, -0.25) is 0 Å². The molecule has 29 heavy (non-hydrogen) atoms. The molecule has 0 spiro atoms. The molecule has 0 saturated heterocycles. The highest BCUT2D eigenvalue weighted by molar-refractivity contribution is 5.26. The standard InChI is InChI=1S/C27H46O2/c1-18(11-13-24(2,3)28)21-9-10-22-20-8-7-19-17-25(4,29)15-16-26(19,5)23(20)12-14-27(21,22)6/h7,18,20-23,28-29H,8-17H2,1-6H3. The molecule has 0 radical (unpaired) electrons. The van der Waals surface area contributed by atoms with Crippen LogP contribution < -0.4 is 0 Å². The molecule has 0 aromatic heterocycles. The summed E-state index contributed by atoms with van der Waals surface area (Å²) in [4.78, 5) is 0. The van der Waals surface area contributed by atoms with E-state index in [1.54, 1.807) is 5.57 Å². The normalized spacial score (nSPS) is 48.3. The van der Waals surface area contributed by atoms with E-state index in [0.717, 1.165) is 49.4 Å². The Bertz CT molecular complexity index is 656. The first-order valence-electron chi connectivity index (χ1n) is 12.5. The van der Waals surface area contributed by atoms with Crippen LogP contribution in [0.25, 0.3) is 0 Å². The van der Waals surface area contributed by atoms with Gasteiger partial charge in [-0.25, -0.2) is 0 Å². The van der Waals surface area contributed by atoms with Gasteiger partial charge in [0, 0.05) is 0 Å². The van der Waals surface area contributed by atoms with Gasteiger partial charge in [0.2, 0.25) is 0 Å².